The summed E-state index contributed by atoms with van der Waals surface area (Å²) >= 11 is 6.30. The van der Waals surface area contributed by atoms with E-state index in [0.717, 1.165) is 23.8 Å². The Hall–Kier alpha value is -0.770. The quantitative estimate of drug-likeness (QED) is 0.808. The normalized spacial score (nSPS) is 18.1. The van der Waals surface area contributed by atoms with Gasteiger partial charge in [0.15, 0.2) is 0 Å². The molecule has 0 amide bonds. The highest BCUT2D eigenvalue weighted by Crippen LogP contribution is 2.37. The molecule has 3 nitrogen and oxygen atoms in total. The highest BCUT2D eigenvalue weighted by Gasteiger charge is 2.28. The molecule has 1 aliphatic carbocycles. The fourth-order valence-electron chi connectivity index (χ4n) is 2.50. The van der Waals surface area contributed by atoms with Gasteiger partial charge in [0.2, 0.25) is 0 Å². The molecule has 2 unspecified atom stereocenters. The number of hydrogen-bond acceptors (Lipinski definition) is 3. The van der Waals surface area contributed by atoms with Crippen molar-refractivity contribution in [3.8, 4) is 5.75 Å². The maximum Gasteiger partial charge on any atom is 0.125 e. The number of halogens is 1. The zero-order valence-corrected chi connectivity index (χ0v) is 12.4. The lowest BCUT2D eigenvalue weighted by Gasteiger charge is -2.23. The van der Waals surface area contributed by atoms with Crippen LogP contribution in [0, 0.1) is 11.8 Å². The number of rotatable bonds is 7. The molecule has 4 heteroatoms. The third kappa shape index (κ3) is 3.62. The Labute approximate surface area is 120 Å². The van der Waals surface area contributed by atoms with Gasteiger partial charge in [-0.05, 0) is 43.4 Å². The third-order valence-electron chi connectivity index (χ3n) is 3.93. The van der Waals surface area contributed by atoms with E-state index in [1.165, 1.54) is 12.8 Å². The van der Waals surface area contributed by atoms with Crippen molar-refractivity contribution in [1.82, 2.24) is 5.32 Å². The number of nitrogens with one attached hydrogen (secondary N) is 1. The van der Waals surface area contributed by atoms with Crippen LogP contribution in [-0.4, -0.2) is 20.2 Å². The second-order valence-electron chi connectivity index (χ2n) is 5.37. The minimum atomic E-state index is 0.0462. The van der Waals surface area contributed by atoms with Gasteiger partial charge in [-0.15, -0.1) is 0 Å². The number of methoxy groups -OCH3 is 1. The van der Waals surface area contributed by atoms with Crippen molar-refractivity contribution in [3.05, 3.63) is 28.8 Å². The molecular formula is C15H23ClN2O. The first-order valence-electron chi connectivity index (χ1n) is 6.93. The third-order valence-corrected chi connectivity index (χ3v) is 4.26. The summed E-state index contributed by atoms with van der Waals surface area (Å²) in [6, 6.07) is 5.75. The van der Waals surface area contributed by atoms with Gasteiger partial charge in [0.1, 0.15) is 5.75 Å². The van der Waals surface area contributed by atoms with Gasteiger partial charge in [0, 0.05) is 23.2 Å². The van der Waals surface area contributed by atoms with Crippen LogP contribution in [0.1, 0.15) is 31.4 Å². The van der Waals surface area contributed by atoms with Gasteiger partial charge in [-0.25, -0.2) is 0 Å². The van der Waals surface area contributed by atoms with Gasteiger partial charge in [-0.3, -0.25) is 0 Å². The summed E-state index contributed by atoms with van der Waals surface area (Å²) in [5.74, 6) is 2.39. The molecule has 0 spiro atoms. The Balaban J connectivity index is 2.07. The van der Waals surface area contributed by atoms with Gasteiger partial charge < -0.3 is 15.8 Å². The minimum Gasteiger partial charge on any atom is -0.496 e. The van der Waals surface area contributed by atoms with E-state index < -0.39 is 0 Å². The zero-order chi connectivity index (χ0) is 13.8. The largest absolute Gasteiger partial charge is 0.496 e. The molecule has 1 saturated carbocycles. The van der Waals surface area contributed by atoms with Crippen molar-refractivity contribution < 1.29 is 4.74 Å². The monoisotopic (exact) mass is 282 g/mol. The van der Waals surface area contributed by atoms with Crippen molar-refractivity contribution in [2.45, 2.75) is 25.8 Å². The maximum atomic E-state index is 6.30. The van der Waals surface area contributed by atoms with E-state index in [4.69, 9.17) is 22.1 Å². The number of benzene rings is 1. The van der Waals surface area contributed by atoms with Crippen LogP contribution in [0.4, 0.5) is 0 Å². The van der Waals surface area contributed by atoms with Crippen LogP contribution < -0.4 is 15.8 Å². The standard InChI is InChI=1S/C15H23ClN2O/c1-10(11-6-7-11)9-18-13(8-17)15-12(16)4-3-5-14(15)19-2/h3-5,10-11,13,18H,6-9,17H2,1-2H3. The number of nitrogens with two attached hydrogens (primary N) is 1. The molecule has 106 valence electrons. The van der Waals surface area contributed by atoms with E-state index in [1.54, 1.807) is 7.11 Å². The topological polar surface area (TPSA) is 47.3 Å². The summed E-state index contributed by atoms with van der Waals surface area (Å²) in [5.41, 5.74) is 6.87. The SMILES string of the molecule is COc1cccc(Cl)c1C(CN)NCC(C)C1CC1. The summed E-state index contributed by atoms with van der Waals surface area (Å²) in [7, 11) is 1.66. The van der Waals surface area contributed by atoms with Crippen LogP contribution >= 0.6 is 11.6 Å². The molecule has 19 heavy (non-hydrogen) atoms. The molecule has 2 atom stereocenters. The molecule has 0 aliphatic heterocycles. The first-order chi connectivity index (χ1) is 9.17. The molecule has 0 bridgehead atoms. The van der Waals surface area contributed by atoms with Gasteiger partial charge in [0.25, 0.3) is 0 Å². The maximum absolute atomic E-state index is 6.30. The molecule has 1 fully saturated rings. The fourth-order valence-corrected chi connectivity index (χ4v) is 2.79. The summed E-state index contributed by atoms with van der Waals surface area (Å²) in [4.78, 5) is 0. The Kier molecular flexibility index (Phi) is 5.08. The van der Waals surface area contributed by atoms with Crippen molar-refractivity contribution in [1.29, 1.82) is 0 Å². The molecule has 0 saturated heterocycles. The molecule has 0 heterocycles. The zero-order valence-electron chi connectivity index (χ0n) is 11.7. The highest BCUT2D eigenvalue weighted by molar-refractivity contribution is 6.31. The molecule has 1 aromatic carbocycles. The summed E-state index contributed by atoms with van der Waals surface area (Å²) in [6.07, 6.45) is 2.73. The van der Waals surface area contributed by atoms with Crippen LogP contribution in [0.25, 0.3) is 0 Å². The van der Waals surface area contributed by atoms with Crippen molar-refractivity contribution in [2.24, 2.45) is 17.6 Å². The number of hydrogen-bond donors (Lipinski definition) is 2. The first-order valence-corrected chi connectivity index (χ1v) is 7.31. The summed E-state index contributed by atoms with van der Waals surface area (Å²) in [6.45, 7) is 3.78. The van der Waals surface area contributed by atoms with Gasteiger partial charge in [-0.2, -0.15) is 0 Å². The van der Waals surface area contributed by atoms with E-state index in [9.17, 15) is 0 Å². The minimum absolute atomic E-state index is 0.0462. The number of ether oxygens (including phenoxy) is 1. The summed E-state index contributed by atoms with van der Waals surface area (Å²) < 4.78 is 5.40. The average Bonchev–Trinajstić information content (AvgIpc) is 3.24. The van der Waals surface area contributed by atoms with Crippen LogP contribution in [0.15, 0.2) is 18.2 Å². The predicted molar refractivity (Wildman–Crippen MR) is 79.7 cm³/mol. The Morgan fingerprint density at radius 1 is 1.47 bits per heavy atom. The average molecular weight is 283 g/mol. The van der Waals surface area contributed by atoms with E-state index in [-0.39, 0.29) is 6.04 Å². The first kappa shape index (κ1) is 14.6. The lowest BCUT2D eigenvalue weighted by molar-refractivity contribution is 0.387. The van der Waals surface area contributed by atoms with E-state index in [1.807, 2.05) is 18.2 Å². The van der Waals surface area contributed by atoms with E-state index in [0.29, 0.717) is 17.5 Å². The molecule has 0 aromatic heterocycles. The smallest absolute Gasteiger partial charge is 0.125 e. The van der Waals surface area contributed by atoms with Crippen LogP contribution in [0.2, 0.25) is 5.02 Å². The molecule has 3 N–H and O–H groups in total. The van der Waals surface area contributed by atoms with Crippen molar-refractivity contribution in [3.63, 3.8) is 0 Å². The molecule has 1 aliphatic rings. The van der Waals surface area contributed by atoms with Gasteiger partial charge in [-0.1, -0.05) is 24.6 Å². The van der Waals surface area contributed by atoms with Crippen LogP contribution in [-0.2, 0) is 0 Å². The Morgan fingerprint density at radius 2 is 2.21 bits per heavy atom. The molecule has 2 rings (SSSR count). The van der Waals surface area contributed by atoms with Crippen molar-refractivity contribution in [2.75, 3.05) is 20.2 Å². The van der Waals surface area contributed by atoms with E-state index >= 15 is 0 Å². The second kappa shape index (κ2) is 6.60. The molecule has 0 radical (unpaired) electrons. The molecule has 1 aromatic rings. The van der Waals surface area contributed by atoms with Gasteiger partial charge in [0.05, 0.1) is 7.11 Å². The highest BCUT2D eigenvalue weighted by atomic mass is 35.5. The van der Waals surface area contributed by atoms with E-state index in [2.05, 4.69) is 12.2 Å². The summed E-state index contributed by atoms with van der Waals surface area (Å²) in [5, 5.41) is 4.24. The van der Waals surface area contributed by atoms with Gasteiger partial charge >= 0.3 is 0 Å². The lowest BCUT2D eigenvalue weighted by Crippen LogP contribution is -2.32. The fraction of sp³-hybridized carbons (Fsp3) is 0.600. The van der Waals surface area contributed by atoms with Crippen LogP contribution in [0.3, 0.4) is 0 Å². The Morgan fingerprint density at radius 3 is 2.79 bits per heavy atom. The molecular weight excluding hydrogens is 260 g/mol. The van der Waals surface area contributed by atoms with Crippen LogP contribution in [0.5, 0.6) is 5.75 Å². The Bertz CT molecular complexity index is 421. The predicted octanol–water partition coefficient (Wildman–Crippen LogP) is 2.98. The van der Waals surface area contributed by atoms with Crippen molar-refractivity contribution >= 4 is 11.6 Å². The second-order valence-corrected chi connectivity index (χ2v) is 5.77. The lowest BCUT2D eigenvalue weighted by atomic mass is 10.0.